The van der Waals surface area contributed by atoms with E-state index in [1.807, 2.05) is 34.4 Å². The number of aromatic nitrogens is 2. The molecule has 1 fully saturated rings. The lowest BCUT2D eigenvalue weighted by molar-refractivity contribution is 0.0739. The third kappa shape index (κ3) is 4.51. The number of piperazine rings is 1. The Morgan fingerprint density at radius 3 is 2.39 bits per heavy atom. The molecular weight excluding hydrogens is 472 g/mol. The average molecular weight is 509 g/mol. The third-order valence-electron chi connectivity index (χ3n) is 7.62. The van der Waals surface area contributed by atoms with Crippen molar-refractivity contribution in [2.75, 3.05) is 45.3 Å². The summed E-state index contributed by atoms with van der Waals surface area (Å²) in [6, 6.07) is 5.45. The molecule has 1 aliphatic carbocycles. The number of hydrogen-bond acceptors (Lipinski definition) is 7. The molecule has 2 aliphatic rings. The van der Waals surface area contributed by atoms with E-state index >= 15 is 0 Å². The van der Waals surface area contributed by atoms with Crippen LogP contribution in [0.15, 0.2) is 18.2 Å². The van der Waals surface area contributed by atoms with Crippen molar-refractivity contribution in [1.29, 1.82) is 0 Å². The van der Waals surface area contributed by atoms with Crippen LogP contribution >= 0.6 is 11.3 Å². The van der Waals surface area contributed by atoms with Gasteiger partial charge in [0.2, 0.25) is 0 Å². The van der Waals surface area contributed by atoms with E-state index in [-0.39, 0.29) is 5.91 Å². The number of ether oxygens (including phenoxy) is 2. The van der Waals surface area contributed by atoms with Crippen molar-refractivity contribution in [2.24, 2.45) is 0 Å². The minimum Gasteiger partial charge on any atom is -0.496 e. The molecule has 7 nitrogen and oxygen atoms in total. The third-order valence-corrected chi connectivity index (χ3v) is 8.81. The molecule has 192 valence electrons. The zero-order chi connectivity index (χ0) is 25.2. The molecule has 1 aliphatic heterocycles. The monoisotopic (exact) mass is 508 g/mol. The number of amides is 1. The molecule has 1 atom stereocenters. The van der Waals surface area contributed by atoms with Gasteiger partial charge >= 0.3 is 0 Å². The molecule has 1 saturated heterocycles. The van der Waals surface area contributed by atoms with E-state index in [0.29, 0.717) is 36.1 Å². The van der Waals surface area contributed by atoms with Crippen molar-refractivity contribution in [1.82, 2.24) is 14.9 Å². The van der Waals surface area contributed by atoms with Crippen LogP contribution in [0.4, 0.5) is 5.82 Å². The number of benzene rings is 1. The van der Waals surface area contributed by atoms with Gasteiger partial charge in [-0.1, -0.05) is 26.3 Å². The summed E-state index contributed by atoms with van der Waals surface area (Å²) in [5, 5.41) is 1.26. The Morgan fingerprint density at radius 2 is 1.72 bits per heavy atom. The Hall–Kier alpha value is -2.87. The minimum absolute atomic E-state index is 0.0542. The van der Waals surface area contributed by atoms with Gasteiger partial charge in [0.05, 0.1) is 19.6 Å². The smallest absolute Gasteiger partial charge is 0.261 e. The van der Waals surface area contributed by atoms with Gasteiger partial charge in [-0.15, -0.1) is 11.3 Å². The van der Waals surface area contributed by atoms with Crippen molar-refractivity contribution in [3.63, 3.8) is 0 Å². The quantitative estimate of drug-likeness (QED) is 0.412. The number of carbonyl (C=O) groups is 1. The largest absolute Gasteiger partial charge is 0.496 e. The first-order chi connectivity index (χ1) is 17.5. The predicted octanol–water partition coefficient (Wildman–Crippen LogP) is 5.45. The molecule has 1 aromatic carbocycles. The number of thiophene rings is 1. The number of fused-ring (bicyclic) bond motifs is 3. The summed E-state index contributed by atoms with van der Waals surface area (Å²) < 4.78 is 11.0. The number of methoxy groups -OCH3 is 2. The van der Waals surface area contributed by atoms with Gasteiger partial charge < -0.3 is 19.3 Å². The summed E-state index contributed by atoms with van der Waals surface area (Å²) in [6.45, 7) is 7.12. The van der Waals surface area contributed by atoms with Gasteiger partial charge in [0.1, 0.15) is 33.5 Å². The maximum atomic E-state index is 13.5. The van der Waals surface area contributed by atoms with Crippen LogP contribution < -0.4 is 14.4 Å². The summed E-state index contributed by atoms with van der Waals surface area (Å²) in [6.07, 6.45) is 7.05. The second-order valence-electron chi connectivity index (χ2n) is 9.78. The first kappa shape index (κ1) is 24.8. The van der Waals surface area contributed by atoms with Crippen molar-refractivity contribution in [2.45, 2.75) is 58.3 Å². The fourth-order valence-corrected chi connectivity index (χ4v) is 6.57. The van der Waals surface area contributed by atoms with Crippen molar-refractivity contribution >= 4 is 33.3 Å². The Bertz CT molecular complexity index is 1230. The molecule has 2 aromatic heterocycles. The molecule has 0 N–H and O–H groups in total. The summed E-state index contributed by atoms with van der Waals surface area (Å²) in [5.74, 6) is 3.35. The molecule has 1 unspecified atom stereocenters. The Balaban J connectivity index is 1.45. The molecule has 3 aromatic rings. The highest BCUT2D eigenvalue weighted by Gasteiger charge is 2.30. The Labute approximate surface area is 217 Å². The van der Waals surface area contributed by atoms with Crippen molar-refractivity contribution in [3.8, 4) is 11.5 Å². The highest BCUT2D eigenvalue weighted by atomic mass is 32.1. The molecule has 0 spiro atoms. The zero-order valence-corrected chi connectivity index (χ0v) is 22.6. The first-order valence-electron chi connectivity index (χ1n) is 13.1. The van der Waals surface area contributed by atoms with Crippen LogP contribution in [0.3, 0.4) is 0 Å². The maximum absolute atomic E-state index is 13.5. The summed E-state index contributed by atoms with van der Waals surface area (Å²) in [4.78, 5) is 30.6. The van der Waals surface area contributed by atoms with Crippen LogP contribution in [0.5, 0.6) is 11.5 Å². The van der Waals surface area contributed by atoms with E-state index in [9.17, 15) is 4.79 Å². The van der Waals surface area contributed by atoms with E-state index in [0.717, 1.165) is 48.8 Å². The number of hydrogen-bond donors (Lipinski definition) is 0. The second-order valence-corrected chi connectivity index (χ2v) is 10.9. The molecule has 1 amide bonds. The van der Waals surface area contributed by atoms with E-state index in [4.69, 9.17) is 19.4 Å². The fraction of sp³-hybridized carbons (Fsp3) is 0.536. The van der Waals surface area contributed by atoms with E-state index in [1.54, 1.807) is 14.2 Å². The maximum Gasteiger partial charge on any atom is 0.261 e. The van der Waals surface area contributed by atoms with E-state index < -0.39 is 0 Å². The van der Waals surface area contributed by atoms with Gasteiger partial charge in [0.25, 0.3) is 5.91 Å². The second kappa shape index (κ2) is 10.6. The molecule has 0 bridgehead atoms. The molecular formula is C28H36N4O3S. The fourth-order valence-electron chi connectivity index (χ4n) is 5.30. The molecule has 36 heavy (non-hydrogen) atoms. The Morgan fingerprint density at radius 1 is 1.03 bits per heavy atom. The highest BCUT2D eigenvalue weighted by Crippen LogP contribution is 2.40. The van der Waals surface area contributed by atoms with Crippen LogP contribution in [0.25, 0.3) is 10.2 Å². The standard InChI is InChI=1S/C28H36N4O3S/c1-5-18(2)25-29-26(23-19-10-7-6-8-13-22(19)36-27(23)30-25)31-14-16-32(17-15-31)28(33)24-20(34-3)11-9-12-21(24)35-4/h9,11-12,18H,5-8,10,13-17H2,1-4H3. The van der Waals surface area contributed by atoms with Gasteiger partial charge in [-0.05, 0) is 49.8 Å². The van der Waals surface area contributed by atoms with Gasteiger partial charge in [-0.3, -0.25) is 4.79 Å². The van der Waals surface area contributed by atoms with Crippen LogP contribution in [0, 0.1) is 0 Å². The topological polar surface area (TPSA) is 67.8 Å². The summed E-state index contributed by atoms with van der Waals surface area (Å²) in [7, 11) is 3.17. The van der Waals surface area contributed by atoms with Crippen molar-refractivity contribution in [3.05, 3.63) is 40.0 Å². The average Bonchev–Trinajstić information content (AvgIpc) is 3.11. The highest BCUT2D eigenvalue weighted by molar-refractivity contribution is 7.19. The first-order valence-corrected chi connectivity index (χ1v) is 13.9. The molecule has 8 heteroatoms. The number of carbonyl (C=O) groups excluding carboxylic acids is 1. The predicted molar refractivity (Wildman–Crippen MR) is 145 cm³/mol. The Kier molecular flexibility index (Phi) is 7.32. The number of aryl methyl sites for hydroxylation is 2. The summed E-state index contributed by atoms with van der Waals surface area (Å²) in [5.41, 5.74) is 1.96. The van der Waals surface area contributed by atoms with Gasteiger partial charge in [0.15, 0.2) is 0 Å². The number of nitrogens with zero attached hydrogens (tertiary/aromatic N) is 4. The number of rotatable bonds is 6. The molecule has 5 rings (SSSR count). The molecule has 0 radical (unpaired) electrons. The van der Waals surface area contributed by atoms with Crippen molar-refractivity contribution < 1.29 is 14.3 Å². The minimum atomic E-state index is -0.0542. The van der Waals surface area contributed by atoms with Gasteiger partial charge in [0, 0.05) is 37.0 Å². The van der Waals surface area contributed by atoms with Crippen LogP contribution in [0.2, 0.25) is 0 Å². The summed E-state index contributed by atoms with van der Waals surface area (Å²) >= 11 is 1.87. The van der Waals surface area contributed by atoms with Crippen LogP contribution in [-0.2, 0) is 12.8 Å². The number of anilines is 1. The van der Waals surface area contributed by atoms with Crippen LogP contribution in [0.1, 0.15) is 72.1 Å². The van der Waals surface area contributed by atoms with Crippen LogP contribution in [-0.4, -0.2) is 61.2 Å². The lowest BCUT2D eigenvalue weighted by Gasteiger charge is -2.36. The van der Waals surface area contributed by atoms with Gasteiger partial charge in [-0.25, -0.2) is 9.97 Å². The SMILES string of the molecule is CCC(C)c1nc(N2CCN(C(=O)c3c(OC)cccc3OC)CC2)c2c3c(sc2n1)CCCCC3. The van der Waals surface area contributed by atoms with E-state index in [2.05, 4.69) is 18.7 Å². The zero-order valence-electron chi connectivity index (χ0n) is 21.8. The normalized spacial score (nSPS) is 17.0. The molecule has 3 heterocycles. The van der Waals surface area contributed by atoms with Gasteiger partial charge in [-0.2, -0.15) is 0 Å². The lowest BCUT2D eigenvalue weighted by atomic mass is 10.1. The van der Waals surface area contributed by atoms with E-state index in [1.165, 1.54) is 35.1 Å². The molecule has 0 saturated carbocycles. The lowest BCUT2D eigenvalue weighted by Crippen LogP contribution is -2.49.